The average Bonchev–Trinajstić information content (AvgIpc) is 2.33. The van der Waals surface area contributed by atoms with E-state index in [0.717, 1.165) is 21.6 Å². The summed E-state index contributed by atoms with van der Waals surface area (Å²) in [6.07, 6.45) is 0. The highest BCUT2D eigenvalue weighted by molar-refractivity contribution is 8.03. The molecule has 0 aliphatic carbocycles. The van der Waals surface area contributed by atoms with E-state index in [-0.39, 0.29) is 5.75 Å². The van der Waals surface area contributed by atoms with Crippen LogP contribution in [0.3, 0.4) is 0 Å². The maximum absolute atomic E-state index is 9.23. The van der Waals surface area contributed by atoms with Crippen molar-refractivity contribution in [2.75, 3.05) is 0 Å². The molecule has 0 unspecified atom stereocenters. The minimum atomic E-state index is 0.266. The summed E-state index contributed by atoms with van der Waals surface area (Å²) in [6, 6.07) is 13.1. The highest BCUT2D eigenvalue weighted by Crippen LogP contribution is 2.28. The first-order valence-corrected chi connectivity index (χ1v) is 5.98. The monoisotopic (exact) mass is 241 g/mol. The number of rotatable bonds is 2. The zero-order chi connectivity index (χ0) is 12.3. The zero-order valence-electron chi connectivity index (χ0n) is 9.34. The van der Waals surface area contributed by atoms with Crippen molar-refractivity contribution < 1.29 is 5.11 Å². The third-order valence-electron chi connectivity index (χ3n) is 2.53. The molecule has 1 N–H and O–H groups in total. The van der Waals surface area contributed by atoms with Crippen molar-refractivity contribution in [3.63, 3.8) is 0 Å². The molecule has 0 atom stereocenters. The molecule has 0 saturated carbocycles. The first-order valence-electron chi connectivity index (χ1n) is 5.16. The van der Waals surface area contributed by atoms with Gasteiger partial charge in [-0.1, -0.05) is 24.3 Å². The summed E-state index contributed by atoms with van der Waals surface area (Å²) in [5, 5.41) is 20.0. The lowest BCUT2D eigenvalue weighted by atomic mass is 10.0. The van der Waals surface area contributed by atoms with Gasteiger partial charge in [0, 0.05) is 4.90 Å². The Morgan fingerprint density at radius 3 is 2.29 bits per heavy atom. The van der Waals surface area contributed by atoms with Crippen molar-refractivity contribution in [3.8, 4) is 22.3 Å². The second-order valence-electron chi connectivity index (χ2n) is 3.72. The van der Waals surface area contributed by atoms with Crippen molar-refractivity contribution in [1.29, 1.82) is 5.26 Å². The Kier molecular flexibility index (Phi) is 3.36. The number of phenols is 1. The molecule has 0 heterocycles. The molecule has 0 bridgehead atoms. The van der Waals surface area contributed by atoms with Gasteiger partial charge in [-0.2, -0.15) is 5.26 Å². The molecule has 0 aromatic heterocycles. The summed E-state index contributed by atoms with van der Waals surface area (Å²) in [7, 11) is 0. The second kappa shape index (κ2) is 4.94. The number of nitrogens with zero attached hydrogens (tertiary/aromatic N) is 1. The predicted molar refractivity (Wildman–Crippen MR) is 69.7 cm³/mol. The van der Waals surface area contributed by atoms with Gasteiger partial charge in [0.25, 0.3) is 0 Å². The predicted octanol–water partition coefficient (Wildman–Crippen LogP) is 3.94. The number of hydrogen-bond acceptors (Lipinski definition) is 3. The number of nitriles is 1. The number of aromatic hydroxyl groups is 1. The number of benzene rings is 2. The highest BCUT2D eigenvalue weighted by atomic mass is 32.2. The second-order valence-corrected chi connectivity index (χ2v) is 4.55. The van der Waals surface area contributed by atoms with E-state index in [1.807, 2.05) is 37.3 Å². The molecule has 0 amide bonds. The molecule has 3 heteroatoms. The lowest BCUT2D eigenvalue weighted by Crippen LogP contribution is -1.82. The maximum Gasteiger partial charge on any atom is 0.138 e. The fourth-order valence-electron chi connectivity index (χ4n) is 1.65. The summed E-state index contributed by atoms with van der Waals surface area (Å²) in [5.74, 6) is 0.266. The molecule has 2 aromatic carbocycles. The minimum Gasteiger partial charge on any atom is -0.508 e. The Labute approximate surface area is 105 Å². The van der Waals surface area contributed by atoms with E-state index in [2.05, 4.69) is 5.40 Å². The van der Waals surface area contributed by atoms with Crippen LogP contribution in [0.5, 0.6) is 5.75 Å². The van der Waals surface area contributed by atoms with E-state index in [1.54, 1.807) is 12.1 Å². The lowest BCUT2D eigenvalue weighted by molar-refractivity contribution is 0.475. The van der Waals surface area contributed by atoms with E-state index < -0.39 is 0 Å². The van der Waals surface area contributed by atoms with Gasteiger partial charge in [-0.05, 0) is 53.6 Å². The molecule has 2 nitrogen and oxygen atoms in total. The van der Waals surface area contributed by atoms with Gasteiger partial charge in [-0.3, -0.25) is 0 Å². The molecule has 2 aromatic rings. The van der Waals surface area contributed by atoms with Crippen LogP contribution < -0.4 is 0 Å². The van der Waals surface area contributed by atoms with E-state index >= 15 is 0 Å². The van der Waals surface area contributed by atoms with Crippen molar-refractivity contribution in [1.82, 2.24) is 0 Å². The highest BCUT2D eigenvalue weighted by Gasteiger charge is 2.02. The Morgan fingerprint density at radius 2 is 1.71 bits per heavy atom. The molecular formula is C14H11NOS. The van der Waals surface area contributed by atoms with Crippen LogP contribution in [0.1, 0.15) is 5.56 Å². The third kappa shape index (κ3) is 2.61. The fraction of sp³-hybridized carbons (Fsp3) is 0.0714. The summed E-state index contributed by atoms with van der Waals surface area (Å²) in [4.78, 5) is 0.982. The standard InChI is InChI=1S/C14H11NOS/c1-10-8-12(4-7-14(10)17-9-15)11-2-5-13(16)6-3-11/h2-8,16H,1H3. The molecular weight excluding hydrogens is 230 g/mol. The van der Waals surface area contributed by atoms with Crippen molar-refractivity contribution in [3.05, 3.63) is 48.0 Å². The van der Waals surface area contributed by atoms with Crippen LogP contribution in [0, 0.1) is 17.6 Å². The number of thioether (sulfide) groups is 1. The number of phenolic OH excluding ortho intramolecular Hbond substituents is 1. The van der Waals surface area contributed by atoms with E-state index in [4.69, 9.17) is 5.26 Å². The van der Waals surface area contributed by atoms with Gasteiger partial charge in [0.15, 0.2) is 0 Å². The summed E-state index contributed by atoms with van der Waals surface area (Å²) < 4.78 is 0. The van der Waals surface area contributed by atoms with Crippen molar-refractivity contribution in [2.24, 2.45) is 0 Å². The number of hydrogen-bond donors (Lipinski definition) is 1. The van der Waals surface area contributed by atoms with E-state index in [0.29, 0.717) is 0 Å². The minimum absolute atomic E-state index is 0.266. The van der Waals surface area contributed by atoms with Gasteiger partial charge in [0.1, 0.15) is 11.2 Å². The van der Waals surface area contributed by atoms with Crippen LogP contribution in [0.4, 0.5) is 0 Å². The van der Waals surface area contributed by atoms with Gasteiger partial charge in [-0.15, -0.1) is 0 Å². The van der Waals surface area contributed by atoms with Crippen LogP contribution in [0.15, 0.2) is 47.4 Å². The van der Waals surface area contributed by atoms with Gasteiger partial charge in [-0.25, -0.2) is 0 Å². The van der Waals surface area contributed by atoms with Crippen LogP contribution in [0.25, 0.3) is 11.1 Å². The number of thiocyanates is 1. The summed E-state index contributed by atoms with van der Waals surface area (Å²) in [5.41, 5.74) is 3.23. The molecule has 0 aliphatic heterocycles. The largest absolute Gasteiger partial charge is 0.508 e. The molecule has 84 valence electrons. The van der Waals surface area contributed by atoms with Gasteiger partial charge < -0.3 is 5.11 Å². The average molecular weight is 241 g/mol. The number of aryl methyl sites for hydroxylation is 1. The van der Waals surface area contributed by atoms with Gasteiger partial charge >= 0.3 is 0 Å². The SMILES string of the molecule is Cc1cc(-c2ccc(O)cc2)ccc1SC#N. The molecule has 2 rings (SSSR count). The molecule has 0 radical (unpaired) electrons. The molecule has 0 fully saturated rings. The quantitative estimate of drug-likeness (QED) is 0.639. The smallest absolute Gasteiger partial charge is 0.138 e. The normalized spacial score (nSPS) is 9.88. The molecule has 0 aliphatic rings. The molecule has 17 heavy (non-hydrogen) atoms. The third-order valence-corrected chi connectivity index (χ3v) is 3.30. The molecule has 0 saturated heterocycles. The van der Waals surface area contributed by atoms with Crippen molar-refractivity contribution in [2.45, 2.75) is 11.8 Å². The van der Waals surface area contributed by atoms with Gasteiger partial charge in [0.05, 0.1) is 0 Å². The van der Waals surface area contributed by atoms with Crippen molar-refractivity contribution >= 4 is 11.8 Å². The Bertz CT molecular complexity index is 570. The topological polar surface area (TPSA) is 44.0 Å². The van der Waals surface area contributed by atoms with Crippen LogP contribution >= 0.6 is 11.8 Å². The Hall–Kier alpha value is -1.92. The first kappa shape index (κ1) is 11.6. The summed E-state index contributed by atoms with van der Waals surface area (Å²) in [6.45, 7) is 1.99. The van der Waals surface area contributed by atoms with Gasteiger partial charge in [0.2, 0.25) is 0 Å². The first-order chi connectivity index (χ1) is 8.20. The Morgan fingerprint density at radius 1 is 1.06 bits per heavy atom. The summed E-state index contributed by atoms with van der Waals surface area (Å²) >= 11 is 1.17. The molecule has 0 spiro atoms. The van der Waals surface area contributed by atoms with Crippen LogP contribution in [-0.4, -0.2) is 5.11 Å². The Balaban J connectivity index is 2.38. The van der Waals surface area contributed by atoms with E-state index in [1.165, 1.54) is 11.8 Å². The fourth-order valence-corrected chi connectivity index (χ4v) is 2.10. The van der Waals surface area contributed by atoms with Crippen LogP contribution in [-0.2, 0) is 0 Å². The maximum atomic E-state index is 9.23. The van der Waals surface area contributed by atoms with Crippen LogP contribution in [0.2, 0.25) is 0 Å². The van der Waals surface area contributed by atoms with E-state index in [9.17, 15) is 5.11 Å². The lowest BCUT2D eigenvalue weighted by Gasteiger charge is -2.06. The zero-order valence-corrected chi connectivity index (χ0v) is 10.2.